The molecule has 0 saturated heterocycles. The summed E-state index contributed by atoms with van der Waals surface area (Å²) in [7, 11) is 0. The standard InChI is InChI=1S/C22H20BrNO4/c23-18-5-3-17-12-19(6-4-16(17)11-18)28-14-22(25)24-13-15-2-7-20-21(10-15)27-9-1-8-26-20/h2-7,10-12H,1,8-9,13-14H2,(H,24,25). The predicted molar refractivity (Wildman–Crippen MR) is 111 cm³/mol. The van der Waals surface area contributed by atoms with Gasteiger partial charge < -0.3 is 19.5 Å². The zero-order valence-electron chi connectivity index (χ0n) is 15.2. The lowest BCUT2D eigenvalue weighted by molar-refractivity contribution is -0.123. The zero-order chi connectivity index (χ0) is 19.3. The van der Waals surface area contributed by atoms with Gasteiger partial charge in [-0.15, -0.1) is 0 Å². The molecule has 0 spiro atoms. The van der Waals surface area contributed by atoms with E-state index in [2.05, 4.69) is 21.2 Å². The molecule has 144 valence electrons. The van der Waals surface area contributed by atoms with E-state index in [4.69, 9.17) is 14.2 Å². The van der Waals surface area contributed by atoms with Crippen LogP contribution < -0.4 is 19.5 Å². The Balaban J connectivity index is 1.31. The first-order valence-corrected chi connectivity index (χ1v) is 9.94. The minimum absolute atomic E-state index is 0.0351. The summed E-state index contributed by atoms with van der Waals surface area (Å²) in [6.07, 6.45) is 0.865. The smallest absolute Gasteiger partial charge is 0.258 e. The van der Waals surface area contributed by atoms with Crippen LogP contribution in [-0.4, -0.2) is 25.7 Å². The van der Waals surface area contributed by atoms with Crippen molar-refractivity contribution in [3.8, 4) is 17.2 Å². The van der Waals surface area contributed by atoms with E-state index in [0.29, 0.717) is 25.5 Å². The van der Waals surface area contributed by atoms with Crippen LogP contribution in [0.1, 0.15) is 12.0 Å². The van der Waals surface area contributed by atoms with Crippen LogP contribution in [0.25, 0.3) is 10.8 Å². The van der Waals surface area contributed by atoms with Gasteiger partial charge in [0.05, 0.1) is 13.2 Å². The summed E-state index contributed by atoms with van der Waals surface area (Å²) in [5.41, 5.74) is 0.953. The molecule has 1 heterocycles. The number of benzene rings is 3. The maximum atomic E-state index is 12.1. The van der Waals surface area contributed by atoms with Gasteiger partial charge in [-0.25, -0.2) is 0 Å². The number of halogens is 1. The van der Waals surface area contributed by atoms with E-state index < -0.39 is 0 Å². The van der Waals surface area contributed by atoms with E-state index in [-0.39, 0.29) is 12.5 Å². The maximum Gasteiger partial charge on any atom is 0.258 e. The second-order valence-corrected chi connectivity index (χ2v) is 7.47. The van der Waals surface area contributed by atoms with Crippen molar-refractivity contribution in [2.24, 2.45) is 0 Å². The molecule has 0 aromatic heterocycles. The van der Waals surface area contributed by atoms with Gasteiger partial charge in [0.1, 0.15) is 5.75 Å². The quantitative estimate of drug-likeness (QED) is 0.634. The van der Waals surface area contributed by atoms with Gasteiger partial charge in [-0.05, 0) is 52.7 Å². The molecule has 0 bridgehead atoms. The first kappa shape index (κ1) is 18.6. The van der Waals surface area contributed by atoms with Crippen LogP contribution in [0, 0.1) is 0 Å². The third-order valence-corrected chi connectivity index (χ3v) is 4.94. The molecule has 1 aliphatic rings. The summed E-state index contributed by atoms with van der Waals surface area (Å²) in [4.78, 5) is 12.1. The Morgan fingerprint density at radius 3 is 2.64 bits per heavy atom. The second-order valence-electron chi connectivity index (χ2n) is 6.55. The van der Waals surface area contributed by atoms with Crippen molar-refractivity contribution >= 4 is 32.6 Å². The lowest BCUT2D eigenvalue weighted by Gasteiger charge is -2.11. The van der Waals surface area contributed by atoms with Gasteiger partial charge >= 0.3 is 0 Å². The van der Waals surface area contributed by atoms with Gasteiger partial charge in [-0.3, -0.25) is 4.79 Å². The van der Waals surface area contributed by atoms with E-state index in [1.807, 2.05) is 54.6 Å². The average Bonchev–Trinajstić information content (AvgIpc) is 2.95. The van der Waals surface area contributed by atoms with Crippen LogP contribution in [0.5, 0.6) is 17.2 Å². The Hall–Kier alpha value is -2.73. The highest BCUT2D eigenvalue weighted by Gasteiger charge is 2.11. The van der Waals surface area contributed by atoms with Crippen molar-refractivity contribution in [2.45, 2.75) is 13.0 Å². The predicted octanol–water partition coefficient (Wildman–Crippen LogP) is 4.46. The number of nitrogens with one attached hydrogen (secondary N) is 1. The first-order valence-electron chi connectivity index (χ1n) is 9.15. The Morgan fingerprint density at radius 1 is 0.964 bits per heavy atom. The third kappa shape index (κ3) is 4.57. The molecule has 5 nitrogen and oxygen atoms in total. The zero-order valence-corrected chi connectivity index (χ0v) is 16.8. The Kier molecular flexibility index (Phi) is 5.67. The molecule has 4 rings (SSSR count). The maximum absolute atomic E-state index is 12.1. The van der Waals surface area contributed by atoms with Crippen molar-refractivity contribution in [1.82, 2.24) is 5.32 Å². The number of amides is 1. The third-order valence-electron chi connectivity index (χ3n) is 4.45. The Labute approximate surface area is 171 Å². The average molecular weight is 442 g/mol. The fourth-order valence-electron chi connectivity index (χ4n) is 3.00. The molecular weight excluding hydrogens is 422 g/mol. The van der Waals surface area contributed by atoms with Crippen LogP contribution in [0.3, 0.4) is 0 Å². The summed E-state index contributed by atoms with van der Waals surface area (Å²) < 4.78 is 18.0. The number of rotatable bonds is 5. The van der Waals surface area contributed by atoms with E-state index in [1.54, 1.807) is 0 Å². The van der Waals surface area contributed by atoms with E-state index >= 15 is 0 Å². The largest absolute Gasteiger partial charge is 0.490 e. The highest BCUT2D eigenvalue weighted by Crippen LogP contribution is 2.30. The number of fused-ring (bicyclic) bond motifs is 2. The summed E-state index contributed by atoms with van der Waals surface area (Å²) in [6.45, 7) is 1.67. The molecule has 0 saturated carbocycles. The lowest BCUT2D eigenvalue weighted by atomic mass is 10.1. The van der Waals surface area contributed by atoms with Crippen molar-refractivity contribution in [1.29, 1.82) is 0 Å². The van der Waals surface area contributed by atoms with Crippen LogP contribution >= 0.6 is 15.9 Å². The van der Waals surface area contributed by atoms with E-state index in [1.165, 1.54) is 0 Å². The molecule has 0 radical (unpaired) electrons. The number of carbonyl (C=O) groups is 1. The van der Waals surface area contributed by atoms with E-state index in [0.717, 1.165) is 38.7 Å². The summed E-state index contributed by atoms with van der Waals surface area (Å²) in [5, 5.41) is 5.04. The van der Waals surface area contributed by atoms with Gasteiger partial charge in [0.2, 0.25) is 0 Å². The lowest BCUT2D eigenvalue weighted by Crippen LogP contribution is -2.28. The number of carbonyl (C=O) groups excluding carboxylic acids is 1. The SMILES string of the molecule is O=C(COc1ccc2cc(Br)ccc2c1)NCc1ccc2c(c1)OCCCO2. The van der Waals surface area contributed by atoms with Gasteiger partial charge in [-0.1, -0.05) is 34.1 Å². The Morgan fingerprint density at radius 2 is 1.75 bits per heavy atom. The molecule has 0 aliphatic carbocycles. The van der Waals surface area contributed by atoms with Crippen molar-refractivity contribution in [2.75, 3.05) is 19.8 Å². The monoisotopic (exact) mass is 441 g/mol. The van der Waals surface area contributed by atoms with E-state index in [9.17, 15) is 4.79 Å². The molecule has 6 heteroatoms. The fourth-order valence-corrected chi connectivity index (χ4v) is 3.38. The molecule has 0 fully saturated rings. The van der Waals surface area contributed by atoms with Gasteiger partial charge in [-0.2, -0.15) is 0 Å². The molecule has 28 heavy (non-hydrogen) atoms. The molecule has 0 atom stereocenters. The first-order chi connectivity index (χ1) is 13.7. The van der Waals surface area contributed by atoms with Crippen LogP contribution in [0.15, 0.2) is 59.1 Å². The molecule has 1 aliphatic heterocycles. The molecule has 0 unspecified atom stereocenters. The fraction of sp³-hybridized carbons (Fsp3) is 0.227. The summed E-state index contributed by atoms with van der Waals surface area (Å²) in [5.74, 6) is 1.96. The molecule has 3 aromatic rings. The van der Waals surface area contributed by atoms with Crippen molar-refractivity contribution in [3.63, 3.8) is 0 Å². The minimum atomic E-state index is -0.178. The van der Waals surface area contributed by atoms with Crippen molar-refractivity contribution < 1.29 is 19.0 Å². The number of hydrogen-bond acceptors (Lipinski definition) is 4. The number of hydrogen-bond donors (Lipinski definition) is 1. The normalized spacial score (nSPS) is 13.0. The summed E-state index contributed by atoms with van der Waals surface area (Å²) in [6, 6.07) is 17.5. The van der Waals surface area contributed by atoms with Crippen LogP contribution in [0.2, 0.25) is 0 Å². The van der Waals surface area contributed by atoms with Crippen LogP contribution in [-0.2, 0) is 11.3 Å². The molecular formula is C22H20BrNO4. The molecule has 1 amide bonds. The minimum Gasteiger partial charge on any atom is -0.490 e. The second kappa shape index (κ2) is 8.52. The van der Waals surface area contributed by atoms with Gasteiger partial charge in [0.25, 0.3) is 5.91 Å². The molecule has 3 aromatic carbocycles. The highest BCUT2D eigenvalue weighted by molar-refractivity contribution is 9.10. The Bertz CT molecular complexity index is 1000. The van der Waals surface area contributed by atoms with Crippen molar-refractivity contribution in [3.05, 3.63) is 64.6 Å². The highest BCUT2D eigenvalue weighted by atomic mass is 79.9. The number of ether oxygens (including phenoxy) is 3. The molecule has 1 N–H and O–H groups in total. The topological polar surface area (TPSA) is 56.8 Å². The van der Waals surface area contributed by atoms with Gasteiger partial charge in [0, 0.05) is 17.4 Å². The summed E-state index contributed by atoms with van der Waals surface area (Å²) >= 11 is 3.46. The van der Waals surface area contributed by atoms with Crippen LogP contribution in [0.4, 0.5) is 0 Å². The van der Waals surface area contributed by atoms with Gasteiger partial charge in [0.15, 0.2) is 18.1 Å².